The first-order chi connectivity index (χ1) is 15.9. The molecule has 0 spiro atoms. The van der Waals surface area contributed by atoms with Crippen LogP contribution < -0.4 is 35.8 Å². The van der Waals surface area contributed by atoms with Crippen LogP contribution in [0.5, 0.6) is 17.2 Å². The van der Waals surface area contributed by atoms with Gasteiger partial charge in [0.1, 0.15) is 0 Å². The minimum absolute atomic E-state index is 0.267. The molecule has 176 valence electrons. The second-order valence-corrected chi connectivity index (χ2v) is 7.53. The third-order valence-corrected chi connectivity index (χ3v) is 5.60. The van der Waals surface area contributed by atoms with E-state index in [4.69, 9.17) is 19.9 Å². The fraction of sp³-hybridized carbons (Fsp3) is 0.360. The lowest BCUT2D eigenvalue weighted by Gasteiger charge is -2.14. The topological polar surface area (TPSA) is 105 Å². The van der Waals surface area contributed by atoms with E-state index in [1.54, 1.807) is 12.1 Å². The van der Waals surface area contributed by atoms with Crippen LogP contribution in [0, 0.1) is 0 Å². The number of carbonyl (C=O) groups is 2. The number of carbonyl (C=O) groups excluding carboxylic acids is 2. The van der Waals surface area contributed by atoms with Crippen molar-refractivity contribution in [1.29, 1.82) is 0 Å². The number of ether oxygens (including phenoxy) is 3. The van der Waals surface area contributed by atoms with Crippen LogP contribution in [-0.4, -0.2) is 44.3 Å². The summed E-state index contributed by atoms with van der Waals surface area (Å²) in [5.41, 5.74) is 7.52. The van der Waals surface area contributed by atoms with Gasteiger partial charge in [-0.05, 0) is 44.0 Å². The zero-order valence-corrected chi connectivity index (χ0v) is 19.8. The van der Waals surface area contributed by atoms with Gasteiger partial charge in [0.05, 0.1) is 32.5 Å². The standard InChI is InChI=1S/C25H31N3O5/c1-6-9-16-17(14-28(11-8-10-26)18(16)7-2)22-21(24(29)27-25(22)30)15-12-19(31-3)23(33-5)20(13-15)32-4/h7,9,12-14H,6,8,10-11,26H2,1-5H3,(H,27,29,30). The highest BCUT2D eigenvalue weighted by Crippen LogP contribution is 2.42. The fourth-order valence-corrected chi connectivity index (χ4v) is 4.19. The first-order valence-electron chi connectivity index (χ1n) is 10.9. The SMILES string of the molecule is CC=c1c(=CCC)c(C2=C(c3cc(OC)c(OC)c(OC)c3)C(=O)NC2=O)cn1CCCN. The van der Waals surface area contributed by atoms with Crippen molar-refractivity contribution >= 4 is 35.1 Å². The summed E-state index contributed by atoms with van der Waals surface area (Å²) in [7, 11) is 4.52. The van der Waals surface area contributed by atoms with Crippen molar-refractivity contribution in [2.45, 2.75) is 33.2 Å². The van der Waals surface area contributed by atoms with Gasteiger partial charge in [0.15, 0.2) is 11.5 Å². The van der Waals surface area contributed by atoms with Crippen molar-refractivity contribution in [3.05, 3.63) is 40.0 Å². The number of imide groups is 1. The lowest BCUT2D eigenvalue weighted by molar-refractivity contribution is -0.122. The number of rotatable bonds is 9. The molecule has 3 N–H and O–H groups in total. The predicted octanol–water partition coefficient (Wildman–Crippen LogP) is 1.42. The number of amides is 2. The lowest BCUT2D eigenvalue weighted by Crippen LogP contribution is -2.31. The van der Waals surface area contributed by atoms with E-state index in [1.165, 1.54) is 21.3 Å². The van der Waals surface area contributed by atoms with Gasteiger partial charge in [-0.2, -0.15) is 0 Å². The third-order valence-electron chi connectivity index (χ3n) is 5.60. The highest BCUT2D eigenvalue weighted by atomic mass is 16.5. The van der Waals surface area contributed by atoms with Crippen molar-refractivity contribution in [2.75, 3.05) is 27.9 Å². The molecule has 3 rings (SSSR count). The molecule has 2 amide bonds. The molecule has 1 aromatic heterocycles. The van der Waals surface area contributed by atoms with E-state index in [0.29, 0.717) is 47.0 Å². The predicted molar refractivity (Wildman–Crippen MR) is 128 cm³/mol. The largest absolute Gasteiger partial charge is 0.493 e. The highest BCUT2D eigenvalue weighted by Gasteiger charge is 2.34. The van der Waals surface area contributed by atoms with Crippen LogP contribution in [-0.2, 0) is 16.1 Å². The molecule has 8 nitrogen and oxygen atoms in total. The van der Waals surface area contributed by atoms with Gasteiger partial charge >= 0.3 is 0 Å². The lowest BCUT2D eigenvalue weighted by atomic mass is 9.96. The normalized spacial score (nSPS) is 14.8. The van der Waals surface area contributed by atoms with Crippen molar-refractivity contribution in [2.24, 2.45) is 5.73 Å². The quantitative estimate of drug-likeness (QED) is 0.557. The average molecular weight is 454 g/mol. The van der Waals surface area contributed by atoms with Crippen LogP contribution in [0.3, 0.4) is 0 Å². The van der Waals surface area contributed by atoms with E-state index in [-0.39, 0.29) is 5.57 Å². The Morgan fingerprint density at radius 3 is 2.18 bits per heavy atom. The molecule has 0 fully saturated rings. The van der Waals surface area contributed by atoms with Crippen LogP contribution >= 0.6 is 0 Å². The zero-order valence-electron chi connectivity index (χ0n) is 19.8. The maximum atomic E-state index is 13.0. The minimum atomic E-state index is -0.469. The molecular formula is C25H31N3O5. The van der Waals surface area contributed by atoms with Crippen LogP contribution in [0.15, 0.2) is 18.3 Å². The summed E-state index contributed by atoms with van der Waals surface area (Å²) >= 11 is 0. The summed E-state index contributed by atoms with van der Waals surface area (Å²) in [6, 6.07) is 3.35. The molecule has 2 heterocycles. The van der Waals surface area contributed by atoms with Crippen LogP contribution in [0.4, 0.5) is 0 Å². The van der Waals surface area contributed by atoms with E-state index < -0.39 is 11.8 Å². The molecule has 8 heteroatoms. The van der Waals surface area contributed by atoms with Crippen LogP contribution in [0.2, 0.25) is 0 Å². The van der Waals surface area contributed by atoms with E-state index in [2.05, 4.69) is 16.0 Å². The first kappa shape index (κ1) is 24.1. The molecule has 0 bridgehead atoms. The summed E-state index contributed by atoms with van der Waals surface area (Å²) in [6.45, 7) is 5.26. The molecule has 2 aromatic rings. The monoisotopic (exact) mass is 453 g/mol. The fourth-order valence-electron chi connectivity index (χ4n) is 4.19. The molecule has 0 saturated carbocycles. The maximum Gasteiger partial charge on any atom is 0.259 e. The molecule has 0 radical (unpaired) electrons. The number of nitrogens with one attached hydrogen (secondary N) is 1. The molecule has 0 unspecified atom stereocenters. The number of hydrogen-bond donors (Lipinski definition) is 2. The number of benzene rings is 1. The second kappa shape index (κ2) is 10.4. The Balaban J connectivity index is 2.37. The van der Waals surface area contributed by atoms with Gasteiger partial charge in [-0.3, -0.25) is 14.9 Å². The molecule has 33 heavy (non-hydrogen) atoms. The Bertz CT molecular complexity index is 1200. The molecule has 1 aliphatic heterocycles. The van der Waals surface area contributed by atoms with Gasteiger partial charge in [-0.15, -0.1) is 0 Å². The number of aromatic nitrogens is 1. The number of aryl methyl sites for hydroxylation is 1. The second-order valence-electron chi connectivity index (χ2n) is 7.53. The van der Waals surface area contributed by atoms with E-state index in [9.17, 15) is 9.59 Å². The Morgan fingerprint density at radius 2 is 1.67 bits per heavy atom. The Labute approximate surface area is 193 Å². The molecule has 1 aromatic carbocycles. The molecule has 0 aliphatic carbocycles. The van der Waals surface area contributed by atoms with Gasteiger partial charge in [0.25, 0.3) is 11.8 Å². The first-order valence-corrected chi connectivity index (χ1v) is 10.9. The van der Waals surface area contributed by atoms with E-state index >= 15 is 0 Å². The van der Waals surface area contributed by atoms with Crippen molar-refractivity contribution in [3.8, 4) is 17.2 Å². The van der Waals surface area contributed by atoms with Gasteiger partial charge in [-0.1, -0.05) is 19.1 Å². The highest BCUT2D eigenvalue weighted by molar-refractivity contribution is 6.49. The summed E-state index contributed by atoms with van der Waals surface area (Å²) in [4.78, 5) is 26.0. The number of nitrogens with two attached hydrogens (primary N) is 1. The van der Waals surface area contributed by atoms with Gasteiger partial charge in [0, 0.05) is 28.9 Å². The molecule has 0 atom stereocenters. The van der Waals surface area contributed by atoms with Gasteiger partial charge in [-0.25, -0.2) is 0 Å². The van der Waals surface area contributed by atoms with Crippen LogP contribution in [0.1, 0.15) is 37.8 Å². The molecular weight excluding hydrogens is 422 g/mol. The van der Waals surface area contributed by atoms with Crippen LogP contribution in [0.25, 0.3) is 23.3 Å². The number of methoxy groups -OCH3 is 3. The Kier molecular flexibility index (Phi) is 7.60. The van der Waals surface area contributed by atoms with E-state index in [1.807, 2.05) is 26.1 Å². The molecule has 1 aliphatic rings. The third kappa shape index (κ3) is 4.39. The summed E-state index contributed by atoms with van der Waals surface area (Å²) in [6.07, 6.45) is 7.58. The van der Waals surface area contributed by atoms with Crippen molar-refractivity contribution in [3.63, 3.8) is 0 Å². The molecule has 0 saturated heterocycles. The number of hydrogen-bond acceptors (Lipinski definition) is 6. The Hall–Kier alpha value is -3.52. The van der Waals surface area contributed by atoms with E-state index in [0.717, 1.165) is 23.4 Å². The van der Waals surface area contributed by atoms with Crippen molar-refractivity contribution < 1.29 is 23.8 Å². The summed E-state index contributed by atoms with van der Waals surface area (Å²) < 4.78 is 18.4. The summed E-state index contributed by atoms with van der Waals surface area (Å²) in [5, 5.41) is 4.37. The Morgan fingerprint density at radius 1 is 1.03 bits per heavy atom. The zero-order chi connectivity index (χ0) is 24.1. The minimum Gasteiger partial charge on any atom is -0.493 e. The number of nitrogens with zero attached hydrogens (tertiary/aromatic N) is 1. The smallest absolute Gasteiger partial charge is 0.259 e. The average Bonchev–Trinajstić information content (AvgIpc) is 3.31. The maximum absolute atomic E-state index is 13.0. The van der Waals surface area contributed by atoms with Gasteiger partial charge < -0.3 is 24.5 Å². The van der Waals surface area contributed by atoms with Gasteiger partial charge in [0.2, 0.25) is 5.75 Å². The summed E-state index contributed by atoms with van der Waals surface area (Å²) in [5.74, 6) is 0.298. The van der Waals surface area contributed by atoms with Crippen molar-refractivity contribution in [1.82, 2.24) is 9.88 Å².